The van der Waals surface area contributed by atoms with E-state index in [9.17, 15) is 26.4 Å². The van der Waals surface area contributed by atoms with Gasteiger partial charge in [-0.05, 0) is 42.2 Å². The number of alkyl halides is 3. The minimum atomic E-state index is -4.37. The van der Waals surface area contributed by atoms with Crippen molar-refractivity contribution in [2.45, 2.75) is 43.2 Å². The van der Waals surface area contributed by atoms with Crippen molar-refractivity contribution in [2.75, 3.05) is 19.8 Å². The zero-order chi connectivity index (χ0) is 23.9. The maximum atomic E-state index is 12.5. The predicted octanol–water partition coefficient (Wildman–Crippen LogP) is 3.15. The molecule has 0 radical (unpaired) electrons. The van der Waals surface area contributed by atoms with Crippen LogP contribution in [0.2, 0.25) is 0 Å². The number of halogens is 3. The molecule has 1 fully saturated rings. The summed E-state index contributed by atoms with van der Waals surface area (Å²) in [7, 11) is -3.78. The number of rotatable bonds is 10. The van der Waals surface area contributed by atoms with Crippen LogP contribution in [0.25, 0.3) is 0 Å². The Hall–Kier alpha value is -2.47. The largest absolute Gasteiger partial charge is 0.411 e. The molecule has 1 unspecified atom stereocenters. The van der Waals surface area contributed by atoms with Gasteiger partial charge < -0.3 is 14.8 Å². The molecule has 180 valence electrons. The van der Waals surface area contributed by atoms with Gasteiger partial charge in [-0.25, -0.2) is 13.1 Å². The summed E-state index contributed by atoms with van der Waals surface area (Å²) in [6, 6.07) is 12.3. The van der Waals surface area contributed by atoms with Crippen LogP contribution in [0.15, 0.2) is 53.4 Å². The first-order chi connectivity index (χ1) is 15.6. The molecule has 2 aromatic carbocycles. The van der Waals surface area contributed by atoms with Crippen LogP contribution >= 0.6 is 0 Å². The lowest BCUT2D eigenvalue weighted by molar-refractivity contribution is -0.176. The van der Waals surface area contributed by atoms with Crippen LogP contribution < -0.4 is 10.0 Å². The van der Waals surface area contributed by atoms with Gasteiger partial charge in [0.25, 0.3) is 5.91 Å². The number of carbonyl (C=O) groups excluding carboxylic acids is 1. The summed E-state index contributed by atoms with van der Waals surface area (Å²) in [6.07, 6.45) is -2.82. The molecule has 2 aromatic rings. The zero-order valence-corrected chi connectivity index (χ0v) is 18.5. The maximum Gasteiger partial charge on any atom is 0.411 e. The molecular weight excluding hydrogens is 461 g/mol. The molecule has 0 aliphatic carbocycles. The number of nitrogens with one attached hydrogen (secondary N) is 2. The smallest absolute Gasteiger partial charge is 0.377 e. The van der Waals surface area contributed by atoms with Crippen molar-refractivity contribution < 1.29 is 35.9 Å². The molecule has 1 saturated heterocycles. The van der Waals surface area contributed by atoms with Crippen molar-refractivity contribution in [3.63, 3.8) is 0 Å². The number of hydrogen-bond acceptors (Lipinski definition) is 5. The van der Waals surface area contributed by atoms with Crippen LogP contribution in [0.1, 0.15) is 34.3 Å². The fourth-order valence-electron chi connectivity index (χ4n) is 3.22. The molecule has 1 aliphatic rings. The third-order valence-corrected chi connectivity index (χ3v) is 6.36. The molecule has 0 aromatic heterocycles. The monoisotopic (exact) mass is 486 g/mol. The van der Waals surface area contributed by atoms with E-state index in [-0.39, 0.29) is 36.3 Å². The summed E-state index contributed by atoms with van der Waals surface area (Å²) in [6.45, 7) is -0.527. The Morgan fingerprint density at radius 3 is 2.52 bits per heavy atom. The molecule has 11 heteroatoms. The molecule has 1 amide bonds. The van der Waals surface area contributed by atoms with Gasteiger partial charge in [-0.1, -0.05) is 30.3 Å². The Morgan fingerprint density at radius 2 is 1.85 bits per heavy atom. The van der Waals surface area contributed by atoms with Gasteiger partial charge in [0.1, 0.15) is 6.61 Å². The van der Waals surface area contributed by atoms with E-state index in [1.165, 1.54) is 24.3 Å². The third kappa shape index (κ3) is 8.11. The summed E-state index contributed by atoms with van der Waals surface area (Å²) in [5, 5.41) is 2.70. The molecule has 0 saturated carbocycles. The Bertz CT molecular complexity index is 1040. The number of amides is 1. The number of carbonyl (C=O) groups is 1. The van der Waals surface area contributed by atoms with Gasteiger partial charge >= 0.3 is 6.18 Å². The minimum absolute atomic E-state index is 0.0173. The number of hydrogen-bond donors (Lipinski definition) is 2. The Balaban J connectivity index is 1.52. The van der Waals surface area contributed by atoms with Gasteiger partial charge in [-0.15, -0.1) is 0 Å². The van der Waals surface area contributed by atoms with Crippen molar-refractivity contribution >= 4 is 15.9 Å². The summed E-state index contributed by atoms with van der Waals surface area (Å²) >= 11 is 0. The second kappa shape index (κ2) is 11.1. The summed E-state index contributed by atoms with van der Waals surface area (Å²) in [5.74, 6) is -0.455. The van der Waals surface area contributed by atoms with Gasteiger partial charge in [0.15, 0.2) is 0 Å². The number of benzene rings is 2. The standard InChI is InChI=1S/C22H25F3N2O5S/c23-22(24,25)15-31-14-17-8-6-16(7-9-17)12-26-21(28)18-3-1-5-20(11-18)33(29,30)27-13-19-4-2-10-32-19/h1,3,5-9,11,19,27H,2,4,10,12-15H2,(H,26,28). The van der Waals surface area contributed by atoms with E-state index in [0.717, 1.165) is 18.4 Å². The normalized spacial score (nSPS) is 16.6. The van der Waals surface area contributed by atoms with E-state index < -0.39 is 28.7 Å². The SMILES string of the molecule is O=C(NCc1ccc(COCC(F)(F)F)cc1)c1cccc(S(=O)(=O)NCC2CCCO2)c1. The van der Waals surface area contributed by atoms with Crippen LogP contribution in [0.5, 0.6) is 0 Å². The van der Waals surface area contributed by atoms with Crippen molar-refractivity contribution in [1.29, 1.82) is 0 Å². The molecule has 7 nitrogen and oxygen atoms in total. The molecule has 1 atom stereocenters. The van der Waals surface area contributed by atoms with Crippen LogP contribution in [-0.2, 0) is 32.6 Å². The highest BCUT2D eigenvalue weighted by molar-refractivity contribution is 7.89. The van der Waals surface area contributed by atoms with Gasteiger partial charge in [0.05, 0.1) is 17.6 Å². The fourth-order valence-corrected chi connectivity index (χ4v) is 4.33. The molecule has 2 N–H and O–H groups in total. The maximum absolute atomic E-state index is 12.5. The molecule has 1 heterocycles. The second-order valence-corrected chi connectivity index (χ2v) is 9.39. The number of sulfonamides is 1. The van der Waals surface area contributed by atoms with Crippen LogP contribution in [0, 0.1) is 0 Å². The van der Waals surface area contributed by atoms with Crippen molar-refractivity contribution in [1.82, 2.24) is 10.0 Å². The van der Waals surface area contributed by atoms with E-state index >= 15 is 0 Å². The average molecular weight is 487 g/mol. The summed E-state index contributed by atoms with van der Waals surface area (Å²) in [5.41, 5.74) is 1.49. The topological polar surface area (TPSA) is 93.7 Å². The summed E-state index contributed by atoms with van der Waals surface area (Å²) < 4.78 is 74.0. The van der Waals surface area contributed by atoms with Gasteiger partial charge in [-0.2, -0.15) is 13.2 Å². The van der Waals surface area contributed by atoms with E-state index in [1.807, 2.05) is 0 Å². The average Bonchev–Trinajstić information content (AvgIpc) is 3.30. The summed E-state index contributed by atoms with van der Waals surface area (Å²) in [4.78, 5) is 12.5. The highest BCUT2D eigenvalue weighted by Crippen LogP contribution is 2.17. The minimum Gasteiger partial charge on any atom is -0.377 e. The van der Waals surface area contributed by atoms with Gasteiger partial charge in [0, 0.05) is 25.3 Å². The molecule has 0 bridgehead atoms. The van der Waals surface area contributed by atoms with Crippen molar-refractivity contribution in [2.24, 2.45) is 0 Å². The van der Waals surface area contributed by atoms with E-state index in [1.54, 1.807) is 24.3 Å². The van der Waals surface area contributed by atoms with Gasteiger partial charge in [0.2, 0.25) is 10.0 Å². The fraction of sp³-hybridized carbons (Fsp3) is 0.409. The van der Waals surface area contributed by atoms with Crippen LogP contribution in [-0.4, -0.2) is 46.4 Å². The first kappa shape index (κ1) is 25.2. The van der Waals surface area contributed by atoms with Crippen LogP contribution in [0.4, 0.5) is 13.2 Å². The lowest BCUT2D eigenvalue weighted by Gasteiger charge is -2.12. The molecule has 33 heavy (non-hydrogen) atoms. The van der Waals surface area contributed by atoms with E-state index in [0.29, 0.717) is 12.2 Å². The molecule has 1 aliphatic heterocycles. The molecular formula is C22H25F3N2O5S. The predicted molar refractivity (Wildman–Crippen MR) is 114 cm³/mol. The quantitative estimate of drug-likeness (QED) is 0.538. The highest BCUT2D eigenvalue weighted by Gasteiger charge is 2.27. The highest BCUT2D eigenvalue weighted by atomic mass is 32.2. The first-order valence-corrected chi connectivity index (χ1v) is 11.8. The Morgan fingerprint density at radius 1 is 1.12 bits per heavy atom. The molecule has 0 spiro atoms. The van der Waals surface area contributed by atoms with Crippen LogP contribution in [0.3, 0.4) is 0 Å². The van der Waals surface area contributed by atoms with Gasteiger partial charge in [-0.3, -0.25) is 4.79 Å². The zero-order valence-electron chi connectivity index (χ0n) is 17.7. The Labute approximate surface area is 190 Å². The Kier molecular flexibility index (Phi) is 8.46. The third-order valence-electron chi connectivity index (χ3n) is 4.94. The molecule has 3 rings (SSSR count). The second-order valence-electron chi connectivity index (χ2n) is 7.62. The number of ether oxygens (including phenoxy) is 2. The van der Waals surface area contributed by atoms with Crippen molar-refractivity contribution in [3.05, 3.63) is 65.2 Å². The van der Waals surface area contributed by atoms with E-state index in [4.69, 9.17) is 4.74 Å². The van der Waals surface area contributed by atoms with Crippen molar-refractivity contribution in [3.8, 4) is 0 Å². The first-order valence-electron chi connectivity index (χ1n) is 10.3. The lowest BCUT2D eigenvalue weighted by atomic mass is 10.1. The van der Waals surface area contributed by atoms with E-state index in [2.05, 4.69) is 14.8 Å². The lowest BCUT2D eigenvalue weighted by Crippen LogP contribution is -2.32.